The van der Waals surface area contributed by atoms with Crippen molar-refractivity contribution < 1.29 is 14.5 Å². The number of para-hydroxylation sites is 1. The molecule has 2 N–H and O–H groups in total. The summed E-state index contributed by atoms with van der Waals surface area (Å²) < 4.78 is 0. The quantitative estimate of drug-likeness (QED) is 0.627. The Balaban J connectivity index is 1.98. The normalized spacial score (nSPS) is 10.0. The number of nitrogens with one attached hydrogen (secondary N) is 2. The molecule has 0 atom stereocenters. The minimum absolute atomic E-state index is 0.0246. The Kier molecular flexibility index (Phi) is 5.62. The molecule has 0 aliphatic carbocycles. The van der Waals surface area contributed by atoms with Crippen molar-refractivity contribution in [2.75, 3.05) is 0 Å². The van der Waals surface area contributed by atoms with Crippen molar-refractivity contribution >= 4 is 17.5 Å². The maximum Gasteiger partial charge on any atom is 0.274 e. The second-order valence-electron chi connectivity index (χ2n) is 5.18. The summed E-state index contributed by atoms with van der Waals surface area (Å²) in [5.74, 6) is -0.444. The number of rotatable bonds is 6. The molecule has 24 heavy (non-hydrogen) atoms. The number of hydrogen-bond donors (Lipinski definition) is 2. The molecule has 0 aliphatic heterocycles. The van der Waals surface area contributed by atoms with Crippen LogP contribution in [0.25, 0.3) is 0 Å². The minimum atomic E-state index is -0.474. The third-order valence-electron chi connectivity index (χ3n) is 3.39. The summed E-state index contributed by atoms with van der Waals surface area (Å²) in [5, 5.41) is 16.3. The zero-order chi connectivity index (χ0) is 17.5. The smallest absolute Gasteiger partial charge is 0.274 e. The Morgan fingerprint density at radius 3 is 2.29 bits per heavy atom. The van der Waals surface area contributed by atoms with Crippen molar-refractivity contribution in [3.05, 3.63) is 75.3 Å². The first-order valence-electron chi connectivity index (χ1n) is 7.31. The number of nitrogens with zero attached hydrogens (tertiary/aromatic N) is 1. The van der Waals surface area contributed by atoms with E-state index >= 15 is 0 Å². The van der Waals surface area contributed by atoms with Crippen LogP contribution in [0.4, 0.5) is 5.69 Å². The van der Waals surface area contributed by atoms with Gasteiger partial charge in [-0.2, -0.15) is 0 Å². The van der Waals surface area contributed by atoms with Crippen molar-refractivity contribution in [3.8, 4) is 0 Å². The summed E-state index contributed by atoms with van der Waals surface area (Å²) in [4.78, 5) is 33.5. The molecule has 0 saturated heterocycles. The van der Waals surface area contributed by atoms with E-state index in [1.807, 2.05) is 0 Å². The molecule has 2 aromatic rings. The van der Waals surface area contributed by atoms with E-state index in [9.17, 15) is 19.7 Å². The van der Waals surface area contributed by atoms with Crippen LogP contribution in [0.3, 0.4) is 0 Å². The number of carbonyl (C=O) groups excluding carboxylic acids is 2. The Morgan fingerprint density at radius 2 is 1.67 bits per heavy atom. The molecule has 7 heteroatoms. The third kappa shape index (κ3) is 4.64. The van der Waals surface area contributed by atoms with Crippen molar-refractivity contribution in [1.82, 2.24) is 10.6 Å². The molecule has 124 valence electrons. The van der Waals surface area contributed by atoms with Crippen LogP contribution in [0.5, 0.6) is 0 Å². The molecule has 2 amide bonds. The first kappa shape index (κ1) is 17.1. The molecule has 0 heterocycles. The summed E-state index contributed by atoms with van der Waals surface area (Å²) in [6.45, 7) is 1.90. The fourth-order valence-corrected chi connectivity index (χ4v) is 2.12. The maximum atomic E-state index is 12.1. The summed E-state index contributed by atoms with van der Waals surface area (Å²) in [5.41, 5.74) is 1.74. The second-order valence-corrected chi connectivity index (χ2v) is 5.18. The molecule has 0 unspecified atom stereocenters. The maximum absolute atomic E-state index is 12.1. The van der Waals surface area contributed by atoms with Crippen molar-refractivity contribution in [3.63, 3.8) is 0 Å². The highest BCUT2D eigenvalue weighted by atomic mass is 16.6. The number of amides is 2. The number of hydrogen-bond acceptors (Lipinski definition) is 4. The van der Waals surface area contributed by atoms with Gasteiger partial charge in [-0.1, -0.05) is 30.3 Å². The molecule has 0 bridgehead atoms. The second kappa shape index (κ2) is 7.87. The fraction of sp³-hybridized carbons (Fsp3) is 0.176. The summed E-state index contributed by atoms with van der Waals surface area (Å²) in [7, 11) is 0. The molecular weight excluding hydrogens is 310 g/mol. The Hall–Kier alpha value is -3.22. The fourth-order valence-electron chi connectivity index (χ4n) is 2.12. The molecule has 0 radical (unpaired) electrons. The van der Waals surface area contributed by atoms with E-state index in [0.29, 0.717) is 17.7 Å². The van der Waals surface area contributed by atoms with Crippen molar-refractivity contribution in [2.24, 2.45) is 0 Å². The van der Waals surface area contributed by atoms with Gasteiger partial charge in [0.05, 0.1) is 4.92 Å². The van der Waals surface area contributed by atoms with E-state index < -0.39 is 4.92 Å². The van der Waals surface area contributed by atoms with Crippen LogP contribution in [0.1, 0.15) is 28.4 Å². The first-order chi connectivity index (χ1) is 11.5. The van der Waals surface area contributed by atoms with Gasteiger partial charge >= 0.3 is 0 Å². The van der Waals surface area contributed by atoms with Crippen LogP contribution < -0.4 is 10.6 Å². The predicted molar refractivity (Wildman–Crippen MR) is 88.2 cm³/mol. The van der Waals surface area contributed by atoms with Gasteiger partial charge in [0.15, 0.2) is 0 Å². The monoisotopic (exact) mass is 327 g/mol. The van der Waals surface area contributed by atoms with Crippen LogP contribution in [-0.4, -0.2) is 16.7 Å². The predicted octanol–water partition coefficient (Wildman–Crippen LogP) is 2.16. The van der Waals surface area contributed by atoms with Gasteiger partial charge in [-0.15, -0.1) is 0 Å². The highest BCUT2D eigenvalue weighted by Crippen LogP contribution is 2.17. The van der Waals surface area contributed by atoms with Crippen LogP contribution in [0.15, 0.2) is 48.5 Å². The largest absolute Gasteiger partial charge is 0.352 e. The van der Waals surface area contributed by atoms with Crippen molar-refractivity contribution in [1.29, 1.82) is 0 Å². The average Bonchev–Trinajstić information content (AvgIpc) is 2.58. The SMILES string of the molecule is CC(=O)NCc1ccc(C(=O)NCc2ccccc2[N+](=O)[O-])cc1. The number of nitro benzene ring substituents is 1. The molecule has 0 aliphatic rings. The van der Waals surface area contributed by atoms with Gasteiger partial charge < -0.3 is 10.6 Å². The van der Waals surface area contributed by atoms with Gasteiger partial charge in [-0.3, -0.25) is 19.7 Å². The van der Waals surface area contributed by atoms with E-state index in [1.165, 1.54) is 13.0 Å². The lowest BCUT2D eigenvalue weighted by molar-refractivity contribution is -0.385. The lowest BCUT2D eigenvalue weighted by Crippen LogP contribution is -2.23. The molecule has 0 aromatic heterocycles. The Morgan fingerprint density at radius 1 is 1.00 bits per heavy atom. The first-order valence-corrected chi connectivity index (χ1v) is 7.31. The topological polar surface area (TPSA) is 101 Å². The number of carbonyl (C=O) groups is 2. The molecule has 0 fully saturated rings. The highest BCUT2D eigenvalue weighted by molar-refractivity contribution is 5.94. The lowest BCUT2D eigenvalue weighted by Gasteiger charge is -2.07. The van der Waals surface area contributed by atoms with Crippen molar-refractivity contribution in [2.45, 2.75) is 20.0 Å². The summed E-state index contributed by atoms with van der Waals surface area (Å²) in [6, 6.07) is 13.1. The van der Waals surface area contributed by atoms with Crippen LogP contribution in [-0.2, 0) is 17.9 Å². The number of nitro groups is 1. The standard InChI is InChI=1S/C17H17N3O4/c1-12(21)18-10-13-6-8-14(9-7-13)17(22)19-11-15-4-2-3-5-16(15)20(23)24/h2-9H,10-11H2,1H3,(H,18,21)(H,19,22). The summed E-state index contributed by atoms with van der Waals surface area (Å²) >= 11 is 0. The Bertz CT molecular complexity index is 757. The molecule has 0 spiro atoms. The van der Waals surface area contributed by atoms with E-state index in [-0.39, 0.29) is 24.0 Å². The lowest BCUT2D eigenvalue weighted by atomic mass is 10.1. The molecule has 7 nitrogen and oxygen atoms in total. The molecule has 2 aromatic carbocycles. The molecule has 2 rings (SSSR count). The minimum Gasteiger partial charge on any atom is -0.352 e. The van der Waals surface area contributed by atoms with Crippen LogP contribution in [0.2, 0.25) is 0 Å². The highest BCUT2D eigenvalue weighted by Gasteiger charge is 2.13. The summed E-state index contributed by atoms with van der Waals surface area (Å²) in [6.07, 6.45) is 0. The van der Waals surface area contributed by atoms with Gasteiger partial charge in [0.1, 0.15) is 0 Å². The van der Waals surface area contributed by atoms with Crippen LogP contribution >= 0.6 is 0 Å². The van der Waals surface area contributed by atoms with Crippen LogP contribution in [0, 0.1) is 10.1 Å². The average molecular weight is 327 g/mol. The zero-order valence-electron chi connectivity index (χ0n) is 13.1. The van der Waals surface area contributed by atoms with Gasteiger partial charge in [0.25, 0.3) is 11.6 Å². The van der Waals surface area contributed by atoms with E-state index in [2.05, 4.69) is 10.6 Å². The van der Waals surface area contributed by atoms with Gasteiger partial charge in [-0.05, 0) is 17.7 Å². The van der Waals surface area contributed by atoms with E-state index in [4.69, 9.17) is 0 Å². The zero-order valence-corrected chi connectivity index (χ0v) is 13.1. The number of benzene rings is 2. The molecule has 0 saturated carbocycles. The van der Waals surface area contributed by atoms with E-state index in [1.54, 1.807) is 42.5 Å². The van der Waals surface area contributed by atoms with Gasteiger partial charge in [-0.25, -0.2) is 0 Å². The van der Waals surface area contributed by atoms with Gasteiger partial charge in [0.2, 0.25) is 5.91 Å². The Labute approximate surface area is 138 Å². The third-order valence-corrected chi connectivity index (χ3v) is 3.39. The van der Waals surface area contributed by atoms with E-state index in [0.717, 1.165) is 5.56 Å². The van der Waals surface area contributed by atoms with Gasteiger partial charge in [0, 0.05) is 37.2 Å². The molecular formula is C17H17N3O4.